The summed E-state index contributed by atoms with van der Waals surface area (Å²) in [5.74, 6) is 1.55. The zero-order valence-electron chi connectivity index (χ0n) is 18.6. The van der Waals surface area contributed by atoms with Crippen LogP contribution in [-0.4, -0.2) is 68.8 Å². The van der Waals surface area contributed by atoms with Crippen LogP contribution in [0.5, 0.6) is 5.88 Å². The molecule has 1 saturated carbocycles. The maximum absolute atomic E-state index is 10.5. The molecule has 10 nitrogen and oxygen atoms in total. The zero-order chi connectivity index (χ0) is 23.0. The maximum atomic E-state index is 10.5. The molecule has 0 saturated heterocycles. The second kappa shape index (κ2) is 8.89. The van der Waals surface area contributed by atoms with Gasteiger partial charge < -0.3 is 35.1 Å². The van der Waals surface area contributed by atoms with Gasteiger partial charge in [0.2, 0.25) is 11.8 Å². The fourth-order valence-corrected chi connectivity index (χ4v) is 4.24. The number of hydrogen-bond donors (Lipinski definition) is 5. The Hall–Kier alpha value is -2.95. The number of hydrogen-bond acceptors (Lipinski definition) is 10. The topological polar surface area (TPSA) is 146 Å². The quantitative estimate of drug-likeness (QED) is 0.367. The highest BCUT2D eigenvalue weighted by Crippen LogP contribution is 2.38. The van der Waals surface area contributed by atoms with Gasteiger partial charge in [-0.05, 0) is 33.3 Å². The summed E-state index contributed by atoms with van der Waals surface area (Å²) in [7, 11) is 1.56. The molecule has 0 radical (unpaired) electrons. The van der Waals surface area contributed by atoms with Crippen molar-refractivity contribution >= 4 is 22.7 Å². The van der Waals surface area contributed by atoms with E-state index in [1.165, 1.54) is 0 Å². The number of ether oxygens (including phenoxy) is 1. The molecule has 1 aliphatic carbocycles. The van der Waals surface area contributed by atoms with E-state index in [4.69, 9.17) is 9.15 Å². The molecule has 0 aliphatic heterocycles. The third kappa shape index (κ3) is 3.96. The normalized spacial score (nSPS) is 23.0. The molecule has 4 rings (SSSR count). The number of nitrogens with zero attached hydrogens (tertiary/aromatic N) is 3. The molecule has 3 aromatic rings. The molecule has 5 N–H and O–H groups in total. The van der Waals surface area contributed by atoms with Crippen LogP contribution in [0.1, 0.15) is 24.7 Å². The van der Waals surface area contributed by atoms with Crippen LogP contribution >= 0.6 is 0 Å². The second-order valence-electron chi connectivity index (χ2n) is 8.08. The summed E-state index contributed by atoms with van der Waals surface area (Å²) in [6, 6.07) is 3.19. The summed E-state index contributed by atoms with van der Waals surface area (Å²) in [5, 5.41) is 37.5. The van der Waals surface area contributed by atoms with Gasteiger partial charge >= 0.3 is 0 Å². The smallest absolute Gasteiger partial charge is 0.224 e. The number of fused-ring (bicyclic) bond motifs is 1. The van der Waals surface area contributed by atoms with Crippen molar-refractivity contribution in [1.29, 1.82) is 0 Å². The molecule has 0 bridgehead atoms. The number of nitrogens with one attached hydrogen (secondary N) is 2. The first-order valence-electron chi connectivity index (χ1n) is 10.7. The molecule has 3 aromatic heterocycles. The first-order chi connectivity index (χ1) is 15.4. The predicted molar refractivity (Wildman–Crippen MR) is 120 cm³/mol. The largest absolute Gasteiger partial charge is 0.481 e. The molecule has 0 amide bonds. The number of furan rings is 1. The van der Waals surface area contributed by atoms with E-state index in [0.717, 1.165) is 5.39 Å². The first kappa shape index (κ1) is 22.3. The van der Waals surface area contributed by atoms with E-state index in [1.54, 1.807) is 13.2 Å². The Bertz CT molecular complexity index is 1120. The maximum Gasteiger partial charge on any atom is 0.224 e. The summed E-state index contributed by atoms with van der Waals surface area (Å²) in [4.78, 5) is 13.5. The van der Waals surface area contributed by atoms with Gasteiger partial charge in [-0.1, -0.05) is 0 Å². The van der Waals surface area contributed by atoms with Crippen molar-refractivity contribution < 1.29 is 24.5 Å². The third-order valence-corrected chi connectivity index (χ3v) is 5.89. The number of methoxy groups -OCH3 is 1. The predicted octanol–water partition coefficient (Wildman–Crippen LogP) is 1.86. The Morgan fingerprint density at radius 3 is 2.56 bits per heavy atom. The van der Waals surface area contributed by atoms with Gasteiger partial charge in [0.15, 0.2) is 5.58 Å². The summed E-state index contributed by atoms with van der Waals surface area (Å²) in [5.41, 5.74) is 2.67. The summed E-state index contributed by atoms with van der Waals surface area (Å²) < 4.78 is 11.4. The van der Waals surface area contributed by atoms with Gasteiger partial charge in [0.1, 0.15) is 17.7 Å². The molecule has 0 aromatic carbocycles. The van der Waals surface area contributed by atoms with Crippen molar-refractivity contribution in [2.24, 2.45) is 5.92 Å². The molecule has 0 spiro atoms. The van der Waals surface area contributed by atoms with Crippen molar-refractivity contribution in [2.75, 3.05) is 30.9 Å². The highest BCUT2D eigenvalue weighted by molar-refractivity contribution is 5.88. The van der Waals surface area contributed by atoms with Gasteiger partial charge in [-0.15, -0.1) is 0 Å². The molecule has 4 atom stereocenters. The SMILES string of the molecule is CCNc1nc(C)c(-c2cc3cc(OC)nc(C)c3o2)c(N[C@@H]2C[C@H](CO)[C@@H](O)[C@H]2O)n1. The highest BCUT2D eigenvalue weighted by Gasteiger charge is 2.41. The third-order valence-electron chi connectivity index (χ3n) is 5.89. The Morgan fingerprint density at radius 1 is 1.12 bits per heavy atom. The van der Waals surface area contributed by atoms with E-state index in [-0.39, 0.29) is 6.61 Å². The summed E-state index contributed by atoms with van der Waals surface area (Å²) in [6.07, 6.45) is -1.65. The molecule has 32 heavy (non-hydrogen) atoms. The Kier molecular flexibility index (Phi) is 6.18. The second-order valence-corrected chi connectivity index (χ2v) is 8.08. The van der Waals surface area contributed by atoms with E-state index in [9.17, 15) is 15.3 Å². The van der Waals surface area contributed by atoms with Crippen LogP contribution < -0.4 is 15.4 Å². The zero-order valence-corrected chi connectivity index (χ0v) is 18.6. The van der Waals surface area contributed by atoms with Crippen molar-refractivity contribution in [3.63, 3.8) is 0 Å². The van der Waals surface area contributed by atoms with E-state index in [1.807, 2.05) is 26.8 Å². The van der Waals surface area contributed by atoms with Gasteiger partial charge in [-0.25, -0.2) is 9.97 Å². The highest BCUT2D eigenvalue weighted by atomic mass is 16.5. The summed E-state index contributed by atoms with van der Waals surface area (Å²) in [6.45, 7) is 6.10. The number of aryl methyl sites for hydroxylation is 2. The summed E-state index contributed by atoms with van der Waals surface area (Å²) >= 11 is 0. The lowest BCUT2D eigenvalue weighted by Gasteiger charge is -2.21. The van der Waals surface area contributed by atoms with Gasteiger partial charge in [-0.3, -0.25) is 0 Å². The van der Waals surface area contributed by atoms with Crippen LogP contribution in [0, 0.1) is 19.8 Å². The van der Waals surface area contributed by atoms with Crippen molar-refractivity contribution in [3.05, 3.63) is 23.5 Å². The van der Waals surface area contributed by atoms with Gasteiger partial charge in [0, 0.05) is 30.5 Å². The number of aromatic nitrogens is 3. The molecular weight excluding hydrogens is 414 g/mol. The van der Waals surface area contributed by atoms with Crippen LogP contribution in [0.4, 0.5) is 11.8 Å². The lowest BCUT2D eigenvalue weighted by atomic mass is 10.1. The number of aliphatic hydroxyl groups excluding tert-OH is 3. The molecule has 172 valence electrons. The minimum atomic E-state index is -1.04. The average molecular weight is 444 g/mol. The van der Waals surface area contributed by atoms with Crippen molar-refractivity contribution in [1.82, 2.24) is 15.0 Å². The Morgan fingerprint density at radius 2 is 1.91 bits per heavy atom. The standard InChI is InChI=1S/C22H29N5O5/c1-5-23-22-25-10(2)17(15-7-12-8-16(31-4)24-11(3)20(12)32-15)21(27-22)26-14-6-13(9-28)18(29)19(14)30/h7-8,13-14,18-19,28-30H,5-6,9H2,1-4H3,(H2,23,25,26,27)/t13-,14-,18-,19+/m1/s1. The van der Waals surface area contributed by atoms with Crippen LogP contribution in [0.2, 0.25) is 0 Å². The van der Waals surface area contributed by atoms with Crippen LogP contribution in [-0.2, 0) is 0 Å². The average Bonchev–Trinajstić information content (AvgIpc) is 3.30. The molecular formula is C22H29N5O5. The number of anilines is 2. The lowest BCUT2D eigenvalue weighted by Crippen LogP contribution is -2.35. The van der Waals surface area contributed by atoms with Crippen LogP contribution in [0.15, 0.2) is 16.5 Å². The van der Waals surface area contributed by atoms with E-state index < -0.39 is 24.2 Å². The van der Waals surface area contributed by atoms with Crippen molar-refractivity contribution in [3.8, 4) is 17.2 Å². The minimum absolute atomic E-state index is 0.202. The number of rotatable bonds is 7. The van der Waals surface area contributed by atoms with Gasteiger partial charge in [0.25, 0.3) is 0 Å². The lowest BCUT2D eigenvalue weighted by molar-refractivity contribution is 0.00446. The molecule has 1 aliphatic rings. The number of pyridine rings is 1. The van der Waals surface area contributed by atoms with Gasteiger partial charge in [0.05, 0.1) is 36.2 Å². The molecule has 10 heteroatoms. The first-order valence-corrected chi connectivity index (χ1v) is 10.7. The molecule has 3 heterocycles. The molecule has 0 unspecified atom stereocenters. The van der Waals surface area contributed by atoms with Crippen LogP contribution in [0.3, 0.4) is 0 Å². The fourth-order valence-electron chi connectivity index (χ4n) is 4.24. The fraction of sp³-hybridized carbons (Fsp3) is 0.500. The Labute approximate surface area is 185 Å². The molecule has 1 fully saturated rings. The van der Waals surface area contributed by atoms with Crippen molar-refractivity contribution in [2.45, 2.75) is 45.4 Å². The van der Waals surface area contributed by atoms with E-state index >= 15 is 0 Å². The van der Waals surface area contributed by atoms with Gasteiger partial charge in [-0.2, -0.15) is 4.98 Å². The van der Waals surface area contributed by atoms with E-state index in [2.05, 4.69) is 25.6 Å². The minimum Gasteiger partial charge on any atom is -0.481 e. The van der Waals surface area contributed by atoms with E-state index in [0.29, 0.717) is 58.9 Å². The monoisotopic (exact) mass is 443 g/mol. The number of aliphatic hydroxyl groups is 3. The Balaban J connectivity index is 1.80. The van der Waals surface area contributed by atoms with Crippen LogP contribution in [0.25, 0.3) is 22.3 Å².